The largest absolute Gasteiger partial charge is 0.337 e. The lowest BCUT2D eigenvalue weighted by Gasteiger charge is -2.27. The molecule has 0 radical (unpaired) electrons. The molecule has 1 aliphatic carbocycles. The van der Waals surface area contributed by atoms with E-state index in [4.69, 9.17) is 11.6 Å². The zero-order valence-corrected chi connectivity index (χ0v) is 11.1. The first-order valence-electron chi connectivity index (χ1n) is 6.67. The van der Waals surface area contributed by atoms with Gasteiger partial charge in [-0.15, -0.1) is 11.6 Å². The maximum atomic E-state index is 6.32. The molecule has 2 unspecified atom stereocenters. The lowest BCUT2D eigenvalue weighted by atomic mass is 9.89. The van der Waals surface area contributed by atoms with Crippen LogP contribution in [0.4, 0.5) is 0 Å². The molecule has 0 bridgehead atoms. The van der Waals surface area contributed by atoms with E-state index in [9.17, 15) is 0 Å². The van der Waals surface area contributed by atoms with E-state index < -0.39 is 0 Å². The van der Waals surface area contributed by atoms with Crippen molar-refractivity contribution in [2.75, 3.05) is 13.1 Å². The molecule has 0 aliphatic heterocycles. The van der Waals surface area contributed by atoms with E-state index in [0.29, 0.717) is 11.3 Å². The van der Waals surface area contributed by atoms with Crippen molar-refractivity contribution in [2.24, 2.45) is 5.92 Å². The molecule has 0 aromatic carbocycles. The summed E-state index contributed by atoms with van der Waals surface area (Å²) in [5, 5.41) is 3.92. The predicted molar refractivity (Wildman–Crippen MR) is 71.3 cm³/mol. The molecule has 3 nitrogen and oxygen atoms in total. The number of hydrogen-bond donors (Lipinski definition) is 1. The Hall–Kier alpha value is -0.540. The van der Waals surface area contributed by atoms with Crippen molar-refractivity contribution in [3.8, 4) is 0 Å². The number of aryl methyl sites for hydroxylation is 1. The average Bonchev–Trinajstić information content (AvgIpc) is 2.84. The highest BCUT2D eigenvalue weighted by atomic mass is 35.5. The number of rotatable bonds is 6. The van der Waals surface area contributed by atoms with Gasteiger partial charge in [-0.25, -0.2) is 4.98 Å². The van der Waals surface area contributed by atoms with Crippen LogP contribution in [0.15, 0.2) is 18.7 Å². The Morgan fingerprint density at radius 3 is 3.00 bits per heavy atom. The molecule has 1 heterocycles. The Kier molecular flexibility index (Phi) is 5.33. The molecule has 1 aromatic rings. The van der Waals surface area contributed by atoms with Crippen LogP contribution in [-0.4, -0.2) is 28.0 Å². The molecule has 96 valence electrons. The summed E-state index contributed by atoms with van der Waals surface area (Å²) in [6.45, 7) is 3.19. The molecule has 1 aromatic heterocycles. The SMILES string of the molecule is ClC1CCCCC1CNCCCn1ccnc1. The average molecular weight is 256 g/mol. The third-order valence-electron chi connectivity index (χ3n) is 3.55. The summed E-state index contributed by atoms with van der Waals surface area (Å²) in [5.74, 6) is 0.679. The first kappa shape index (κ1) is 12.9. The smallest absolute Gasteiger partial charge is 0.0945 e. The summed E-state index contributed by atoms with van der Waals surface area (Å²) in [4.78, 5) is 4.03. The van der Waals surface area contributed by atoms with Gasteiger partial charge in [-0.2, -0.15) is 0 Å². The van der Waals surface area contributed by atoms with Crippen LogP contribution in [0.25, 0.3) is 0 Å². The molecular weight excluding hydrogens is 234 g/mol. The summed E-state index contributed by atoms with van der Waals surface area (Å²) in [5.41, 5.74) is 0. The van der Waals surface area contributed by atoms with Crippen LogP contribution in [0.1, 0.15) is 32.1 Å². The predicted octanol–water partition coefficient (Wildman–Crippen LogP) is 2.66. The van der Waals surface area contributed by atoms with Crippen LogP contribution >= 0.6 is 11.6 Å². The Balaban J connectivity index is 1.53. The van der Waals surface area contributed by atoms with Crippen molar-refractivity contribution in [3.63, 3.8) is 0 Å². The van der Waals surface area contributed by atoms with Crippen LogP contribution in [0.2, 0.25) is 0 Å². The second kappa shape index (κ2) is 7.02. The van der Waals surface area contributed by atoms with E-state index >= 15 is 0 Å². The normalized spacial score (nSPS) is 25.0. The Morgan fingerprint density at radius 2 is 2.24 bits per heavy atom. The van der Waals surface area contributed by atoms with Gasteiger partial charge in [0.25, 0.3) is 0 Å². The first-order chi connectivity index (χ1) is 8.36. The summed E-state index contributed by atoms with van der Waals surface area (Å²) in [7, 11) is 0. The topological polar surface area (TPSA) is 29.9 Å². The molecule has 2 atom stereocenters. The summed E-state index contributed by atoms with van der Waals surface area (Å²) in [6, 6.07) is 0. The fraction of sp³-hybridized carbons (Fsp3) is 0.769. The number of nitrogens with one attached hydrogen (secondary N) is 1. The fourth-order valence-electron chi connectivity index (χ4n) is 2.49. The van der Waals surface area contributed by atoms with Crippen LogP contribution < -0.4 is 5.32 Å². The van der Waals surface area contributed by atoms with Gasteiger partial charge in [0.2, 0.25) is 0 Å². The molecule has 0 amide bonds. The lowest BCUT2D eigenvalue weighted by Crippen LogP contribution is -2.31. The van der Waals surface area contributed by atoms with Gasteiger partial charge in [0.15, 0.2) is 0 Å². The molecule has 1 fully saturated rings. The quantitative estimate of drug-likeness (QED) is 0.626. The van der Waals surface area contributed by atoms with Gasteiger partial charge in [0.05, 0.1) is 6.33 Å². The van der Waals surface area contributed by atoms with E-state index in [0.717, 1.165) is 26.1 Å². The van der Waals surface area contributed by atoms with Crippen LogP contribution in [-0.2, 0) is 6.54 Å². The van der Waals surface area contributed by atoms with Crippen molar-refractivity contribution < 1.29 is 0 Å². The second-order valence-corrected chi connectivity index (χ2v) is 5.48. The van der Waals surface area contributed by atoms with Crippen molar-refractivity contribution in [1.82, 2.24) is 14.9 Å². The number of aromatic nitrogens is 2. The highest BCUT2D eigenvalue weighted by molar-refractivity contribution is 6.20. The van der Waals surface area contributed by atoms with E-state index in [1.165, 1.54) is 25.7 Å². The minimum absolute atomic E-state index is 0.393. The molecule has 2 rings (SSSR count). The van der Waals surface area contributed by atoms with Gasteiger partial charge in [-0.1, -0.05) is 12.8 Å². The van der Waals surface area contributed by atoms with Gasteiger partial charge in [-0.3, -0.25) is 0 Å². The third kappa shape index (κ3) is 4.32. The number of imidazole rings is 1. The summed E-state index contributed by atoms with van der Waals surface area (Å²) >= 11 is 6.32. The Morgan fingerprint density at radius 1 is 1.35 bits per heavy atom. The van der Waals surface area contributed by atoms with Crippen molar-refractivity contribution >= 4 is 11.6 Å². The summed E-state index contributed by atoms with van der Waals surface area (Å²) in [6.07, 6.45) is 12.0. The minimum atomic E-state index is 0.393. The van der Waals surface area contributed by atoms with Gasteiger partial charge in [0, 0.05) is 24.3 Å². The maximum Gasteiger partial charge on any atom is 0.0945 e. The maximum absolute atomic E-state index is 6.32. The van der Waals surface area contributed by atoms with Gasteiger partial charge < -0.3 is 9.88 Å². The molecule has 1 aliphatic rings. The van der Waals surface area contributed by atoms with E-state index in [-0.39, 0.29) is 0 Å². The number of hydrogen-bond acceptors (Lipinski definition) is 2. The first-order valence-corrected chi connectivity index (χ1v) is 7.10. The highest BCUT2D eigenvalue weighted by Gasteiger charge is 2.22. The van der Waals surface area contributed by atoms with Crippen LogP contribution in [0.3, 0.4) is 0 Å². The molecule has 1 N–H and O–H groups in total. The molecule has 4 heteroatoms. The second-order valence-electron chi connectivity index (χ2n) is 4.92. The zero-order valence-electron chi connectivity index (χ0n) is 10.3. The molecule has 0 spiro atoms. The van der Waals surface area contributed by atoms with Crippen molar-refractivity contribution in [2.45, 2.75) is 44.0 Å². The van der Waals surface area contributed by atoms with Gasteiger partial charge in [0.1, 0.15) is 0 Å². The van der Waals surface area contributed by atoms with E-state index in [1.54, 1.807) is 0 Å². The molecule has 0 saturated heterocycles. The lowest BCUT2D eigenvalue weighted by molar-refractivity contribution is 0.347. The van der Waals surface area contributed by atoms with Gasteiger partial charge >= 0.3 is 0 Å². The number of halogens is 1. The van der Waals surface area contributed by atoms with Crippen molar-refractivity contribution in [1.29, 1.82) is 0 Å². The van der Waals surface area contributed by atoms with Crippen LogP contribution in [0, 0.1) is 5.92 Å². The zero-order chi connectivity index (χ0) is 11.9. The van der Waals surface area contributed by atoms with E-state index in [1.807, 2.05) is 18.7 Å². The monoisotopic (exact) mass is 255 g/mol. The minimum Gasteiger partial charge on any atom is -0.337 e. The summed E-state index contributed by atoms with van der Waals surface area (Å²) < 4.78 is 2.12. The highest BCUT2D eigenvalue weighted by Crippen LogP contribution is 2.27. The van der Waals surface area contributed by atoms with E-state index in [2.05, 4.69) is 14.9 Å². The third-order valence-corrected chi connectivity index (χ3v) is 4.13. The Labute approximate surface area is 109 Å². The van der Waals surface area contributed by atoms with Crippen LogP contribution in [0.5, 0.6) is 0 Å². The fourth-order valence-corrected chi connectivity index (χ4v) is 2.85. The standard InChI is InChI=1S/C13H22ClN3/c14-13-5-2-1-4-12(13)10-15-6-3-8-17-9-7-16-11-17/h7,9,11-13,15H,1-6,8,10H2. The van der Waals surface area contributed by atoms with Crippen molar-refractivity contribution in [3.05, 3.63) is 18.7 Å². The van der Waals surface area contributed by atoms with Gasteiger partial charge in [-0.05, 0) is 38.3 Å². The number of alkyl halides is 1. The number of nitrogens with zero attached hydrogens (tertiary/aromatic N) is 2. The Bertz CT molecular complexity index is 300. The molecular formula is C13H22ClN3. The molecule has 1 saturated carbocycles. The molecule has 17 heavy (non-hydrogen) atoms.